The van der Waals surface area contributed by atoms with Crippen LogP contribution in [0.5, 0.6) is 11.5 Å². The van der Waals surface area contributed by atoms with Crippen molar-refractivity contribution in [3.63, 3.8) is 0 Å². The van der Waals surface area contributed by atoms with Gasteiger partial charge in [-0.15, -0.1) is 0 Å². The smallest absolute Gasteiger partial charge is 0.308 e. The molecule has 214 valence electrons. The molecule has 3 atom stereocenters. The van der Waals surface area contributed by atoms with Crippen molar-refractivity contribution in [2.24, 2.45) is 5.92 Å². The van der Waals surface area contributed by atoms with Gasteiger partial charge in [-0.1, -0.05) is 40.8 Å². The fraction of sp³-hybridized carbons (Fsp3) is 0.379. The summed E-state index contributed by atoms with van der Waals surface area (Å²) in [5, 5.41) is 0.270. The highest BCUT2D eigenvalue weighted by Gasteiger charge is 2.57. The van der Waals surface area contributed by atoms with E-state index in [1.807, 2.05) is 6.07 Å². The predicted molar refractivity (Wildman–Crippen MR) is 157 cm³/mol. The predicted octanol–water partition coefficient (Wildman–Crippen LogP) is 4.39. The highest BCUT2D eigenvalue weighted by Crippen LogP contribution is 2.54. The van der Waals surface area contributed by atoms with Crippen molar-refractivity contribution in [3.05, 3.63) is 67.6 Å². The molecule has 9 nitrogen and oxygen atoms in total. The molecular formula is C29H28ClN3O6S2. The Morgan fingerprint density at radius 1 is 0.951 bits per heavy atom. The first-order chi connectivity index (χ1) is 19.8. The van der Waals surface area contributed by atoms with E-state index >= 15 is 0 Å². The van der Waals surface area contributed by atoms with E-state index in [1.54, 1.807) is 41.3 Å². The third kappa shape index (κ3) is 4.83. The van der Waals surface area contributed by atoms with Crippen LogP contribution in [0.3, 0.4) is 0 Å². The van der Waals surface area contributed by atoms with Crippen LogP contribution in [0, 0.1) is 5.92 Å². The Kier molecular flexibility index (Phi) is 7.60. The topological polar surface area (TPSA) is 98.1 Å². The lowest BCUT2D eigenvalue weighted by molar-refractivity contribution is -0.133. The van der Waals surface area contributed by atoms with Gasteiger partial charge in [-0.25, -0.2) is 4.90 Å². The summed E-state index contributed by atoms with van der Waals surface area (Å²) < 4.78 is 12.4. The quantitative estimate of drug-likeness (QED) is 0.380. The summed E-state index contributed by atoms with van der Waals surface area (Å²) >= 11 is 8.30. The van der Waals surface area contributed by atoms with Crippen LogP contribution in [0.15, 0.2) is 52.3 Å². The number of anilines is 1. The molecule has 41 heavy (non-hydrogen) atoms. The molecule has 0 bridgehead atoms. The summed E-state index contributed by atoms with van der Waals surface area (Å²) in [5.74, 6) is -1.21. The molecule has 2 unspecified atom stereocenters. The lowest BCUT2D eigenvalue weighted by atomic mass is 9.83. The minimum atomic E-state index is -0.783. The molecule has 1 aromatic heterocycles. The third-order valence-electron chi connectivity index (χ3n) is 7.90. The first-order valence-corrected chi connectivity index (χ1v) is 15.4. The van der Waals surface area contributed by atoms with Crippen LogP contribution in [0.4, 0.5) is 5.69 Å². The number of thioether (sulfide) groups is 1. The Balaban J connectivity index is 1.46. The van der Waals surface area contributed by atoms with Gasteiger partial charge in [0.2, 0.25) is 17.7 Å². The number of amides is 3. The van der Waals surface area contributed by atoms with E-state index < -0.39 is 17.1 Å². The maximum Gasteiger partial charge on any atom is 0.308 e. The number of likely N-dealkylation sites (tertiary alicyclic amines) is 1. The number of hydrogen-bond donors (Lipinski definition) is 0. The maximum absolute atomic E-state index is 14.0. The molecule has 0 radical (unpaired) electrons. The third-order valence-corrected chi connectivity index (χ3v) is 10.8. The molecule has 3 aliphatic rings. The highest BCUT2D eigenvalue weighted by atomic mass is 35.5. The van der Waals surface area contributed by atoms with E-state index in [2.05, 4.69) is 0 Å². The van der Waals surface area contributed by atoms with Crippen molar-refractivity contribution in [1.82, 2.24) is 9.47 Å². The molecule has 12 heteroatoms. The molecule has 0 aliphatic carbocycles. The number of nitrogens with zero attached hydrogens (tertiary/aromatic N) is 3. The molecule has 2 fully saturated rings. The number of rotatable bonds is 6. The van der Waals surface area contributed by atoms with Gasteiger partial charge in [-0.05, 0) is 61.2 Å². The van der Waals surface area contributed by atoms with Gasteiger partial charge in [0, 0.05) is 28.9 Å². The molecule has 0 spiro atoms. The fourth-order valence-electron chi connectivity index (χ4n) is 5.88. The zero-order valence-electron chi connectivity index (χ0n) is 22.5. The van der Waals surface area contributed by atoms with Crippen LogP contribution in [-0.4, -0.2) is 59.7 Å². The summed E-state index contributed by atoms with van der Waals surface area (Å²) in [4.78, 5) is 57.9. The van der Waals surface area contributed by atoms with Crippen molar-refractivity contribution in [1.29, 1.82) is 0 Å². The summed E-state index contributed by atoms with van der Waals surface area (Å²) in [5.41, 5.74) is 1.15. The van der Waals surface area contributed by atoms with E-state index in [-0.39, 0.29) is 29.1 Å². The van der Waals surface area contributed by atoms with Gasteiger partial charge in [0.05, 0.1) is 30.9 Å². The summed E-state index contributed by atoms with van der Waals surface area (Å²) in [6.07, 6.45) is 2.97. The number of ether oxygens (including phenoxy) is 2. The molecule has 2 saturated heterocycles. The van der Waals surface area contributed by atoms with Crippen molar-refractivity contribution in [3.8, 4) is 11.5 Å². The van der Waals surface area contributed by atoms with Crippen LogP contribution in [-0.2, 0) is 20.9 Å². The summed E-state index contributed by atoms with van der Waals surface area (Å²) in [6, 6.07) is 11.9. The van der Waals surface area contributed by atoms with Crippen LogP contribution < -0.4 is 19.2 Å². The van der Waals surface area contributed by atoms with Gasteiger partial charge in [0.25, 0.3) is 0 Å². The molecule has 3 aliphatic heterocycles. The zero-order valence-corrected chi connectivity index (χ0v) is 24.9. The maximum atomic E-state index is 14.0. The highest BCUT2D eigenvalue weighted by molar-refractivity contribution is 8.00. The Labute approximate surface area is 250 Å². The van der Waals surface area contributed by atoms with Gasteiger partial charge in [0.15, 0.2) is 11.5 Å². The van der Waals surface area contributed by atoms with Gasteiger partial charge in [0.1, 0.15) is 11.8 Å². The minimum Gasteiger partial charge on any atom is -0.493 e. The van der Waals surface area contributed by atoms with Crippen LogP contribution >= 0.6 is 34.7 Å². The summed E-state index contributed by atoms with van der Waals surface area (Å²) in [6.45, 7) is 1.25. The molecule has 3 aromatic rings. The number of thiazole rings is 1. The first kappa shape index (κ1) is 27.9. The number of methoxy groups -OCH3 is 2. The normalized spacial score (nSPS) is 22.0. The number of fused-ring (bicyclic) bond motifs is 2. The van der Waals surface area contributed by atoms with Crippen molar-refractivity contribution >= 4 is 58.1 Å². The van der Waals surface area contributed by atoms with Crippen molar-refractivity contribution in [2.75, 3.05) is 32.2 Å². The monoisotopic (exact) mass is 613 g/mol. The zero-order chi connectivity index (χ0) is 28.8. The van der Waals surface area contributed by atoms with Gasteiger partial charge >= 0.3 is 4.87 Å². The van der Waals surface area contributed by atoms with E-state index in [4.69, 9.17) is 21.1 Å². The van der Waals surface area contributed by atoms with E-state index in [0.717, 1.165) is 30.6 Å². The number of aromatic nitrogens is 1. The number of halogens is 1. The number of carbonyl (C=O) groups excluding carboxylic acids is 3. The van der Waals surface area contributed by atoms with Crippen molar-refractivity contribution < 1.29 is 23.9 Å². The fourth-order valence-corrected chi connectivity index (χ4v) is 8.78. The molecule has 0 N–H and O–H groups in total. The number of benzene rings is 2. The largest absolute Gasteiger partial charge is 0.493 e. The minimum absolute atomic E-state index is 0.100. The van der Waals surface area contributed by atoms with Crippen LogP contribution in [0.25, 0.3) is 0 Å². The lowest BCUT2D eigenvalue weighted by Crippen LogP contribution is -2.39. The second kappa shape index (κ2) is 11.2. The molecule has 4 heterocycles. The number of imide groups is 1. The molecule has 2 aromatic carbocycles. The van der Waals surface area contributed by atoms with Gasteiger partial charge in [-0.2, -0.15) is 0 Å². The Bertz CT molecular complexity index is 1580. The standard InChI is InChI=1S/C29H28ClN3O6S2/c1-38-19-11-6-16(14-20(19)39-2)22-23-24(27(36)33(26(23)35)18-9-7-17(30)8-10-18)40-28-25(22)41-29(37)32(28)15-21(34)31-12-4-3-5-13-31/h6-11,14,22-24H,3-5,12-13,15H2,1-2H3/t22-,23?,24?/m0/s1. The number of hydrogen-bond acceptors (Lipinski definition) is 8. The second-order valence-corrected chi connectivity index (χ2v) is 12.8. The number of carbonyl (C=O) groups is 3. The average molecular weight is 614 g/mol. The lowest BCUT2D eigenvalue weighted by Gasteiger charge is -2.31. The van der Waals surface area contributed by atoms with Crippen LogP contribution in [0.2, 0.25) is 5.02 Å². The summed E-state index contributed by atoms with van der Waals surface area (Å²) in [7, 11) is 3.07. The number of piperidine rings is 1. The van der Waals surface area contributed by atoms with Gasteiger partial charge < -0.3 is 14.4 Å². The first-order valence-electron chi connectivity index (χ1n) is 13.4. The van der Waals surface area contributed by atoms with E-state index in [1.165, 1.54) is 35.4 Å². The molecule has 3 amide bonds. The Hall–Kier alpha value is -3.28. The SMILES string of the molecule is COc1ccc([C@@H]2c3sc(=O)n(CC(=O)N4CCCCC4)c3SC3C(=O)N(c4ccc(Cl)cc4)C(=O)C32)cc1OC. The Morgan fingerprint density at radius 2 is 1.66 bits per heavy atom. The van der Waals surface area contributed by atoms with E-state index in [9.17, 15) is 19.2 Å². The average Bonchev–Trinajstić information content (AvgIpc) is 3.43. The van der Waals surface area contributed by atoms with E-state index in [0.29, 0.717) is 50.8 Å². The molecular weight excluding hydrogens is 586 g/mol. The van der Waals surface area contributed by atoms with Crippen molar-refractivity contribution in [2.45, 2.75) is 42.0 Å². The second-order valence-electron chi connectivity index (χ2n) is 10.2. The molecule has 0 saturated carbocycles. The van der Waals surface area contributed by atoms with Crippen LogP contribution in [0.1, 0.15) is 35.6 Å². The Morgan fingerprint density at radius 3 is 2.34 bits per heavy atom. The van der Waals surface area contributed by atoms with Gasteiger partial charge in [-0.3, -0.25) is 23.7 Å². The molecule has 6 rings (SSSR count).